The molecule has 22 heavy (non-hydrogen) atoms. The number of methoxy groups -OCH3 is 1. The van der Waals surface area contributed by atoms with Gasteiger partial charge in [0, 0.05) is 12.8 Å². The Morgan fingerprint density at radius 2 is 2.00 bits per heavy atom. The molecule has 0 aromatic heterocycles. The van der Waals surface area contributed by atoms with Gasteiger partial charge in [0.25, 0.3) is 0 Å². The van der Waals surface area contributed by atoms with Crippen LogP contribution in [0.25, 0.3) is 0 Å². The number of benzene rings is 1. The summed E-state index contributed by atoms with van der Waals surface area (Å²) in [5.41, 5.74) is 1.10. The first kappa shape index (κ1) is 19.2. The Morgan fingerprint density at radius 3 is 2.55 bits per heavy atom. The normalized spacial score (nSPS) is 14.0. The zero-order valence-corrected chi connectivity index (χ0v) is 15.7. The van der Waals surface area contributed by atoms with Crippen LogP contribution in [0.2, 0.25) is 0 Å². The van der Waals surface area contributed by atoms with E-state index >= 15 is 0 Å². The predicted molar refractivity (Wildman–Crippen MR) is 98.4 cm³/mol. The van der Waals surface area contributed by atoms with Gasteiger partial charge in [-0.2, -0.15) is 0 Å². The van der Waals surface area contributed by atoms with Gasteiger partial charge in [-0.3, -0.25) is 4.79 Å². The molecule has 4 heteroatoms. The second kappa shape index (κ2) is 10.8. The van der Waals surface area contributed by atoms with Gasteiger partial charge in [-0.1, -0.05) is 48.6 Å². The predicted octanol–water partition coefficient (Wildman–Crippen LogP) is 4.92. The second-order valence-electron chi connectivity index (χ2n) is 5.41. The molecule has 0 N–H and O–H groups in total. The number of Topliss-reactive ketones (excluding diaryl/α,β-unsaturated/α-hetero) is 1. The van der Waals surface area contributed by atoms with Crippen molar-refractivity contribution in [1.82, 2.24) is 0 Å². The van der Waals surface area contributed by atoms with Gasteiger partial charge in [0.15, 0.2) is 0 Å². The highest BCUT2D eigenvalue weighted by molar-refractivity contribution is 14.1. The van der Waals surface area contributed by atoms with E-state index in [0.717, 1.165) is 17.7 Å². The molecule has 0 heterocycles. The molecule has 0 spiro atoms. The topological polar surface area (TPSA) is 35.5 Å². The summed E-state index contributed by atoms with van der Waals surface area (Å²) >= 11 is 2.19. The molecule has 0 saturated carbocycles. The molecule has 0 fully saturated rings. The van der Waals surface area contributed by atoms with Crippen LogP contribution >= 0.6 is 22.6 Å². The van der Waals surface area contributed by atoms with Crippen LogP contribution in [-0.2, 0) is 16.1 Å². The number of hydrogen-bond donors (Lipinski definition) is 0. The molecule has 2 atom stereocenters. The maximum atomic E-state index is 11.8. The Labute approximate surface area is 147 Å². The van der Waals surface area contributed by atoms with Gasteiger partial charge in [-0.25, -0.2) is 0 Å². The zero-order chi connectivity index (χ0) is 16.4. The van der Waals surface area contributed by atoms with Crippen molar-refractivity contribution < 1.29 is 14.3 Å². The molecule has 3 nitrogen and oxygen atoms in total. The summed E-state index contributed by atoms with van der Waals surface area (Å²) in [7, 11) is 1.65. The van der Waals surface area contributed by atoms with Gasteiger partial charge < -0.3 is 9.47 Å². The molecule has 0 bridgehead atoms. The molecule has 1 rings (SSSR count). The summed E-state index contributed by atoms with van der Waals surface area (Å²) in [4.78, 5) is 11.8. The summed E-state index contributed by atoms with van der Waals surface area (Å²) in [6, 6.07) is 7.85. The lowest BCUT2D eigenvalue weighted by molar-refractivity contribution is -0.120. The Kier molecular flexibility index (Phi) is 9.39. The van der Waals surface area contributed by atoms with Crippen LogP contribution in [-0.4, -0.2) is 19.0 Å². The molecule has 2 unspecified atom stereocenters. The molecule has 1 aromatic carbocycles. The summed E-state index contributed by atoms with van der Waals surface area (Å²) in [5.74, 6) is 1.34. The maximum absolute atomic E-state index is 11.8. The number of halogens is 1. The number of ketones is 1. The molecule has 0 aliphatic rings. The highest BCUT2D eigenvalue weighted by Crippen LogP contribution is 2.19. The van der Waals surface area contributed by atoms with E-state index < -0.39 is 0 Å². The first-order valence-corrected chi connectivity index (χ1v) is 8.88. The lowest BCUT2D eigenvalue weighted by Gasteiger charge is -2.21. The van der Waals surface area contributed by atoms with Crippen molar-refractivity contribution in [2.75, 3.05) is 7.11 Å². The van der Waals surface area contributed by atoms with Crippen molar-refractivity contribution in [3.8, 4) is 5.75 Å². The third-order valence-corrected chi connectivity index (χ3v) is 3.92. The molecule has 0 aliphatic heterocycles. The highest BCUT2D eigenvalue weighted by Gasteiger charge is 2.18. The summed E-state index contributed by atoms with van der Waals surface area (Å²) in [6.45, 7) is 4.63. The van der Waals surface area contributed by atoms with Gasteiger partial charge in [0.1, 0.15) is 11.5 Å². The fraction of sp³-hybridized carbons (Fsp3) is 0.500. The standard InChI is InChI=1S/C18H25IO3/c1-4-5-16(20)12-14(2)18(10-11-19)22-13-15-6-8-17(21-3)9-7-15/h6-11,14,18H,4-5,12-13H2,1-3H3. The lowest BCUT2D eigenvalue weighted by Crippen LogP contribution is -2.22. The maximum Gasteiger partial charge on any atom is 0.133 e. The van der Waals surface area contributed by atoms with E-state index in [0.29, 0.717) is 25.2 Å². The fourth-order valence-electron chi connectivity index (χ4n) is 2.25. The lowest BCUT2D eigenvalue weighted by atomic mass is 9.96. The average molecular weight is 416 g/mol. The Balaban J connectivity index is 2.57. The van der Waals surface area contributed by atoms with E-state index in [2.05, 4.69) is 29.5 Å². The van der Waals surface area contributed by atoms with Gasteiger partial charge in [0.05, 0.1) is 19.8 Å². The fourth-order valence-corrected chi connectivity index (χ4v) is 2.66. The van der Waals surface area contributed by atoms with Gasteiger partial charge in [0.2, 0.25) is 0 Å². The minimum absolute atomic E-state index is 0.0418. The van der Waals surface area contributed by atoms with Crippen molar-refractivity contribution in [2.24, 2.45) is 5.92 Å². The third-order valence-electron chi connectivity index (χ3n) is 3.50. The van der Waals surface area contributed by atoms with E-state index in [1.807, 2.05) is 41.3 Å². The molecule has 122 valence electrons. The monoisotopic (exact) mass is 416 g/mol. The quantitative estimate of drug-likeness (QED) is 0.508. The molecule has 1 aromatic rings. The minimum Gasteiger partial charge on any atom is -0.497 e. The average Bonchev–Trinajstić information content (AvgIpc) is 2.52. The number of carbonyl (C=O) groups excluding carboxylic acids is 1. The summed E-state index contributed by atoms with van der Waals surface area (Å²) in [5, 5.41) is 0. The van der Waals surface area contributed by atoms with Crippen molar-refractivity contribution >= 4 is 28.4 Å². The third kappa shape index (κ3) is 6.92. The highest BCUT2D eigenvalue weighted by atomic mass is 127. The molecule has 0 saturated heterocycles. The first-order chi connectivity index (χ1) is 10.6. The van der Waals surface area contributed by atoms with Gasteiger partial charge in [-0.05, 0) is 40.2 Å². The van der Waals surface area contributed by atoms with Crippen molar-refractivity contribution in [1.29, 1.82) is 0 Å². The Morgan fingerprint density at radius 1 is 1.32 bits per heavy atom. The number of ether oxygens (including phenoxy) is 2. The largest absolute Gasteiger partial charge is 0.497 e. The molecule has 0 radical (unpaired) electrons. The number of carbonyl (C=O) groups is 1. The number of rotatable bonds is 10. The van der Waals surface area contributed by atoms with Crippen LogP contribution in [0.4, 0.5) is 0 Å². The van der Waals surface area contributed by atoms with Crippen molar-refractivity contribution in [2.45, 2.75) is 45.8 Å². The van der Waals surface area contributed by atoms with E-state index in [4.69, 9.17) is 9.47 Å². The molecule has 0 aliphatic carbocycles. The minimum atomic E-state index is -0.0418. The first-order valence-electron chi connectivity index (χ1n) is 7.63. The number of hydrogen-bond acceptors (Lipinski definition) is 3. The molecular weight excluding hydrogens is 391 g/mol. The van der Waals surface area contributed by atoms with Crippen LogP contribution in [0.3, 0.4) is 0 Å². The van der Waals surface area contributed by atoms with Crippen LogP contribution in [0.15, 0.2) is 34.4 Å². The van der Waals surface area contributed by atoms with Crippen molar-refractivity contribution in [3.05, 3.63) is 40.0 Å². The van der Waals surface area contributed by atoms with E-state index in [9.17, 15) is 4.79 Å². The molecular formula is C18H25IO3. The van der Waals surface area contributed by atoms with E-state index in [1.54, 1.807) is 7.11 Å². The van der Waals surface area contributed by atoms with Crippen LogP contribution in [0, 0.1) is 5.92 Å². The Hall–Kier alpha value is -0.880. The van der Waals surface area contributed by atoms with Gasteiger partial charge >= 0.3 is 0 Å². The Bertz CT molecular complexity index is 468. The van der Waals surface area contributed by atoms with E-state index in [-0.39, 0.29) is 12.0 Å². The second-order valence-corrected chi connectivity index (χ2v) is 6.13. The van der Waals surface area contributed by atoms with Gasteiger partial charge in [-0.15, -0.1) is 0 Å². The van der Waals surface area contributed by atoms with Crippen LogP contribution in [0.5, 0.6) is 5.75 Å². The SMILES string of the molecule is CCCC(=O)CC(C)C(C=CI)OCc1ccc(OC)cc1. The van der Waals surface area contributed by atoms with E-state index in [1.165, 1.54) is 0 Å². The molecule has 0 amide bonds. The summed E-state index contributed by atoms with van der Waals surface area (Å²) in [6.07, 6.45) is 4.12. The van der Waals surface area contributed by atoms with Crippen LogP contribution < -0.4 is 4.74 Å². The summed E-state index contributed by atoms with van der Waals surface area (Å²) < 4.78 is 13.1. The smallest absolute Gasteiger partial charge is 0.133 e. The van der Waals surface area contributed by atoms with Crippen LogP contribution in [0.1, 0.15) is 38.7 Å². The van der Waals surface area contributed by atoms with Crippen molar-refractivity contribution in [3.63, 3.8) is 0 Å². The zero-order valence-electron chi connectivity index (χ0n) is 13.5.